The molecule has 0 aliphatic rings. The first-order chi connectivity index (χ1) is 5.47. The number of nitrogens with one attached hydrogen (secondary N) is 1. The average Bonchev–Trinajstić information content (AvgIpc) is 2.58. The van der Waals surface area contributed by atoms with E-state index in [-0.39, 0.29) is 93.0 Å². The number of hydrogen-bond acceptors (Lipinski definition) is 1. The van der Waals surface area contributed by atoms with Crippen LogP contribution in [-0.2, 0) is 0 Å². The number of aromatic amines is 1. The molecule has 0 saturated carbocycles. The summed E-state index contributed by atoms with van der Waals surface area (Å²) in [5.74, 6) is 0. The number of benzene rings is 1. The zero-order valence-electron chi connectivity index (χ0n) is 12.0. The van der Waals surface area contributed by atoms with E-state index in [1.54, 1.807) is 6.20 Å². The molecule has 0 saturated heterocycles. The van der Waals surface area contributed by atoms with Crippen LogP contribution in [0.4, 0.5) is 0 Å². The third-order valence-corrected chi connectivity index (χ3v) is 1.59. The van der Waals surface area contributed by atoms with Crippen molar-refractivity contribution in [2.45, 2.75) is 0 Å². The Bertz CT molecular complexity index is 332. The number of hydrogen-bond donors (Lipinski definition) is 1. The second-order valence-corrected chi connectivity index (χ2v) is 2.34. The maximum Gasteiger partial charge on any atom is 1.00 e. The van der Waals surface area contributed by atoms with E-state index >= 15 is 0 Å². The first kappa shape index (κ1) is 17.8. The Labute approximate surface area is 155 Å². The van der Waals surface area contributed by atoms with Crippen LogP contribution < -0.4 is 88.7 Å². The molecule has 0 amide bonds. The fourth-order valence-electron chi connectivity index (χ4n) is 1.03. The fraction of sp³-hybridized carbons (Fsp3) is 0. The zero-order valence-corrected chi connectivity index (χ0v) is 15.0. The van der Waals surface area contributed by atoms with Gasteiger partial charge in [0.25, 0.3) is 0 Å². The molecule has 0 fully saturated rings. The molecular weight excluding hydrogens is 205 g/mol. The van der Waals surface area contributed by atoms with Gasteiger partial charge in [0, 0.05) is 6.20 Å². The molecule has 1 heterocycles. The van der Waals surface area contributed by atoms with E-state index in [9.17, 15) is 0 Å². The molecule has 5 heteroatoms. The van der Waals surface area contributed by atoms with Crippen molar-refractivity contribution >= 4 is 0 Å². The van der Waals surface area contributed by atoms with Crippen molar-refractivity contribution in [3.8, 4) is 11.3 Å². The molecule has 0 aliphatic carbocycles. The predicted octanol–water partition coefficient (Wildman–Crippen LogP) is -6.57. The van der Waals surface area contributed by atoms with Gasteiger partial charge in [0.1, 0.15) is 0 Å². The zero-order chi connectivity index (χ0) is 7.52. The van der Waals surface area contributed by atoms with Crippen molar-refractivity contribution in [2.75, 3.05) is 0 Å². The summed E-state index contributed by atoms with van der Waals surface area (Å²) >= 11 is 0. The molecule has 2 nitrogen and oxygen atoms in total. The van der Waals surface area contributed by atoms with Gasteiger partial charge in [-0.2, -0.15) is 5.10 Å². The molecule has 1 aromatic carbocycles. The number of aromatic nitrogens is 2. The summed E-state index contributed by atoms with van der Waals surface area (Å²) in [6, 6.07) is 12.1. The van der Waals surface area contributed by atoms with Crippen molar-refractivity contribution < 1.29 is 93.0 Å². The van der Waals surface area contributed by atoms with Crippen molar-refractivity contribution in [1.82, 2.24) is 10.2 Å². The van der Waals surface area contributed by atoms with E-state index in [0.29, 0.717) is 0 Å². The molecule has 0 radical (unpaired) electrons. The van der Waals surface area contributed by atoms with Crippen molar-refractivity contribution in [3.63, 3.8) is 0 Å². The normalized spacial score (nSPS) is 7.71. The Kier molecular flexibility index (Phi) is 12.3. The third-order valence-electron chi connectivity index (χ3n) is 1.59. The van der Waals surface area contributed by atoms with Gasteiger partial charge < -0.3 is 4.28 Å². The maximum atomic E-state index is 3.87. The Morgan fingerprint density at radius 3 is 2.07 bits per heavy atom. The summed E-state index contributed by atoms with van der Waals surface area (Å²) < 4.78 is 0. The molecule has 0 spiro atoms. The number of rotatable bonds is 1. The molecule has 14 heavy (non-hydrogen) atoms. The van der Waals surface area contributed by atoms with Crippen molar-refractivity contribution in [2.24, 2.45) is 0 Å². The first-order valence-corrected chi connectivity index (χ1v) is 3.51. The summed E-state index contributed by atoms with van der Waals surface area (Å²) in [4.78, 5) is 0. The molecule has 60 valence electrons. The molecule has 0 aliphatic heterocycles. The average molecular weight is 216 g/mol. The van der Waals surface area contributed by atoms with E-state index in [1.807, 2.05) is 36.4 Å². The van der Waals surface area contributed by atoms with E-state index in [2.05, 4.69) is 10.2 Å². The minimum atomic E-state index is 0. The second-order valence-electron chi connectivity index (χ2n) is 2.34. The topological polar surface area (TPSA) is 28.7 Å². The van der Waals surface area contributed by atoms with Gasteiger partial charge in [0.15, 0.2) is 0 Å². The largest absolute Gasteiger partial charge is 1.00 e. The predicted molar refractivity (Wildman–Crippen MR) is 47.4 cm³/mol. The van der Waals surface area contributed by atoms with Gasteiger partial charge in [-0.05, 0) is 11.6 Å². The Balaban J connectivity index is -0.0000000800. The quantitative estimate of drug-likeness (QED) is 0.472. The molecule has 0 bridgehead atoms. The van der Waals surface area contributed by atoms with Crippen molar-refractivity contribution in [3.05, 3.63) is 42.6 Å². The molecular formula is C9H11N2Na3. The SMILES string of the molecule is [H-].[H-].[H-].[Na+].[Na+].[Na+].c1ccc(-c2ccn[nH]2)cc1. The molecule has 0 atom stereocenters. The number of nitrogens with zero attached hydrogens (tertiary/aromatic N) is 1. The summed E-state index contributed by atoms with van der Waals surface area (Å²) in [7, 11) is 0. The second kappa shape index (κ2) is 9.64. The van der Waals surface area contributed by atoms with Crippen LogP contribution in [0.3, 0.4) is 0 Å². The van der Waals surface area contributed by atoms with Crippen LogP contribution in [0.2, 0.25) is 0 Å². The van der Waals surface area contributed by atoms with Crippen LogP contribution in [0.1, 0.15) is 4.28 Å². The maximum absolute atomic E-state index is 3.87. The fourth-order valence-corrected chi connectivity index (χ4v) is 1.03. The molecule has 0 unspecified atom stereocenters. The van der Waals surface area contributed by atoms with Gasteiger partial charge in [-0.25, -0.2) is 0 Å². The minimum absolute atomic E-state index is 0. The van der Waals surface area contributed by atoms with Crippen LogP contribution in [0, 0.1) is 0 Å². The van der Waals surface area contributed by atoms with Gasteiger partial charge >= 0.3 is 88.7 Å². The van der Waals surface area contributed by atoms with Crippen LogP contribution in [0.5, 0.6) is 0 Å². The summed E-state index contributed by atoms with van der Waals surface area (Å²) in [6.45, 7) is 0. The van der Waals surface area contributed by atoms with E-state index < -0.39 is 0 Å². The smallest absolute Gasteiger partial charge is 1.00 e. The van der Waals surface area contributed by atoms with Crippen LogP contribution in [0.25, 0.3) is 11.3 Å². The minimum Gasteiger partial charge on any atom is -1.00 e. The van der Waals surface area contributed by atoms with Gasteiger partial charge in [-0.3, -0.25) is 5.10 Å². The molecule has 2 rings (SSSR count). The van der Waals surface area contributed by atoms with Gasteiger partial charge in [-0.1, -0.05) is 30.3 Å². The van der Waals surface area contributed by atoms with Gasteiger partial charge in [0.2, 0.25) is 0 Å². The molecule has 1 aromatic heterocycles. The van der Waals surface area contributed by atoms with Crippen molar-refractivity contribution in [1.29, 1.82) is 0 Å². The number of H-pyrrole nitrogens is 1. The van der Waals surface area contributed by atoms with E-state index in [4.69, 9.17) is 0 Å². The molecule has 1 N–H and O–H groups in total. The summed E-state index contributed by atoms with van der Waals surface area (Å²) in [5.41, 5.74) is 2.23. The summed E-state index contributed by atoms with van der Waals surface area (Å²) in [6.07, 6.45) is 1.75. The Morgan fingerprint density at radius 2 is 1.57 bits per heavy atom. The standard InChI is InChI=1S/C9H8N2.3Na.3H/c1-2-4-8(5-3-1)9-6-7-10-11-9;;;;;;/h1-7H,(H,10,11);;;;;;/q;3*+1;3*-1. The van der Waals surface area contributed by atoms with E-state index in [0.717, 1.165) is 5.69 Å². The molecule has 2 aromatic rings. The summed E-state index contributed by atoms with van der Waals surface area (Å²) in [5, 5.41) is 6.78. The van der Waals surface area contributed by atoms with E-state index in [1.165, 1.54) is 5.56 Å². The Hall–Kier alpha value is 1.43. The van der Waals surface area contributed by atoms with Crippen LogP contribution in [-0.4, -0.2) is 10.2 Å². The third kappa shape index (κ3) is 4.97. The Morgan fingerprint density at radius 1 is 0.929 bits per heavy atom. The monoisotopic (exact) mass is 216 g/mol. The van der Waals surface area contributed by atoms with Gasteiger partial charge in [0.05, 0.1) is 5.69 Å². The van der Waals surface area contributed by atoms with Crippen LogP contribution >= 0.6 is 0 Å². The van der Waals surface area contributed by atoms with Crippen LogP contribution in [0.15, 0.2) is 42.6 Å². The first-order valence-electron chi connectivity index (χ1n) is 3.51. The van der Waals surface area contributed by atoms with Gasteiger partial charge in [-0.15, -0.1) is 0 Å².